The Labute approximate surface area is 107 Å². The van der Waals surface area contributed by atoms with Crippen LogP contribution in [-0.2, 0) is 6.54 Å². The summed E-state index contributed by atoms with van der Waals surface area (Å²) in [4.78, 5) is 5.71. The number of aromatic nitrogens is 2. The molecule has 0 spiro atoms. The van der Waals surface area contributed by atoms with E-state index in [0.717, 1.165) is 12.4 Å². The lowest BCUT2D eigenvalue weighted by molar-refractivity contribution is 0.571. The van der Waals surface area contributed by atoms with Crippen molar-refractivity contribution in [1.82, 2.24) is 9.55 Å². The van der Waals surface area contributed by atoms with E-state index in [1.54, 1.807) is 11.3 Å². The SMILES string of the molecule is CCCCCCCn1ccnc1-c1cccs1. The molecule has 3 heteroatoms. The highest BCUT2D eigenvalue weighted by Gasteiger charge is 2.05. The third kappa shape index (κ3) is 3.43. The van der Waals surface area contributed by atoms with Crippen molar-refractivity contribution < 1.29 is 0 Å². The third-order valence-electron chi connectivity index (χ3n) is 2.96. The minimum atomic E-state index is 1.09. The molecule has 2 aromatic rings. The second-order valence-electron chi connectivity index (χ2n) is 4.34. The zero-order valence-corrected chi connectivity index (χ0v) is 11.2. The number of rotatable bonds is 7. The lowest BCUT2D eigenvalue weighted by Crippen LogP contribution is -1.98. The summed E-state index contributed by atoms with van der Waals surface area (Å²) in [5.74, 6) is 1.12. The van der Waals surface area contributed by atoms with Gasteiger partial charge in [0.15, 0.2) is 0 Å². The first-order valence-corrected chi connectivity index (χ1v) is 7.35. The van der Waals surface area contributed by atoms with Crippen molar-refractivity contribution in [2.45, 2.75) is 45.6 Å². The Morgan fingerprint density at radius 1 is 1.24 bits per heavy atom. The van der Waals surface area contributed by atoms with Gasteiger partial charge in [-0.1, -0.05) is 38.7 Å². The van der Waals surface area contributed by atoms with E-state index in [0.29, 0.717) is 0 Å². The predicted octanol–water partition coefficient (Wildman–Crippen LogP) is 4.58. The minimum Gasteiger partial charge on any atom is -0.330 e. The average molecular weight is 248 g/mol. The molecule has 2 aromatic heterocycles. The Kier molecular flexibility index (Phi) is 4.80. The first kappa shape index (κ1) is 12.4. The van der Waals surface area contributed by atoms with Crippen molar-refractivity contribution in [3.63, 3.8) is 0 Å². The quantitative estimate of drug-likeness (QED) is 0.656. The monoisotopic (exact) mass is 248 g/mol. The van der Waals surface area contributed by atoms with Gasteiger partial charge in [-0.15, -0.1) is 11.3 Å². The zero-order chi connectivity index (χ0) is 11.9. The first-order chi connectivity index (χ1) is 8.42. The summed E-state index contributed by atoms with van der Waals surface area (Å²) < 4.78 is 2.28. The van der Waals surface area contributed by atoms with E-state index >= 15 is 0 Å². The summed E-state index contributed by atoms with van der Waals surface area (Å²) in [5, 5.41) is 2.11. The fourth-order valence-electron chi connectivity index (χ4n) is 2.01. The van der Waals surface area contributed by atoms with Crippen LogP contribution in [0.2, 0.25) is 0 Å². The number of unbranched alkanes of at least 4 members (excludes halogenated alkanes) is 4. The number of hydrogen-bond donors (Lipinski definition) is 0. The molecule has 0 aliphatic rings. The molecule has 2 rings (SSSR count). The van der Waals surface area contributed by atoms with Gasteiger partial charge in [-0.2, -0.15) is 0 Å². The van der Waals surface area contributed by atoms with Crippen LogP contribution in [0, 0.1) is 0 Å². The van der Waals surface area contributed by atoms with Gasteiger partial charge >= 0.3 is 0 Å². The van der Waals surface area contributed by atoms with E-state index < -0.39 is 0 Å². The van der Waals surface area contributed by atoms with Crippen LogP contribution < -0.4 is 0 Å². The molecule has 92 valence electrons. The van der Waals surface area contributed by atoms with Gasteiger partial charge in [0.05, 0.1) is 4.88 Å². The van der Waals surface area contributed by atoms with Crippen molar-refractivity contribution >= 4 is 11.3 Å². The highest BCUT2D eigenvalue weighted by Crippen LogP contribution is 2.23. The van der Waals surface area contributed by atoms with Gasteiger partial charge in [0, 0.05) is 18.9 Å². The standard InChI is InChI=1S/C14H20N2S/c1-2-3-4-5-6-10-16-11-9-15-14(16)13-8-7-12-17-13/h7-9,11-12H,2-6,10H2,1H3. The molecule has 0 aliphatic heterocycles. The smallest absolute Gasteiger partial charge is 0.149 e. The fraction of sp³-hybridized carbons (Fsp3) is 0.500. The lowest BCUT2D eigenvalue weighted by Gasteiger charge is -2.06. The summed E-state index contributed by atoms with van der Waals surface area (Å²) in [6.45, 7) is 3.35. The van der Waals surface area contributed by atoms with Gasteiger partial charge in [-0.3, -0.25) is 0 Å². The number of imidazole rings is 1. The predicted molar refractivity (Wildman–Crippen MR) is 74.3 cm³/mol. The highest BCUT2D eigenvalue weighted by atomic mass is 32.1. The number of hydrogen-bond acceptors (Lipinski definition) is 2. The molecule has 0 aliphatic carbocycles. The molecule has 0 atom stereocenters. The summed E-state index contributed by atoms with van der Waals surface area (Å²) in [7, 11) is 0. The van der Waals surface area contributed by atoms with Crippen LogP contribution in [-0.4, -0.2) is 9.55 Å². The van der Waals surface area contributed by atoms with Crippen LogP contribution in [0.5, 0.6) is 0 Å². The van der Waals surface area contributed by atoms with Gasteiger partial charge in [0.2, 0.25) is 0 Å². The number of aryl methyl sites for hydroxylation is 1. The second kappa shape index (κ2) is 6.60. The van der Waals surface area contributed by atoms with Crippen LogP contribution in [0.4, 0.5) is 0 Å². The van der Waals surface area contributed by atoms with E-state index in [1.165, 1.54) is 37.0 Å². The van der Waals surface area contributed by atoms with Gasteiger partial charge in [0.1, 0.15) is 5.82 Å². The molecule has 17 heavy (non-hydrogen) atoms. The van der Waals surface area contributed by atoms with Gasteiger partial charge < -0.3 is 4.57 Å². The average Bonchev–Trinajstić information content (AvgIpc) is 2.98. The molecule has 0 saturated heterocycles. The van der Waals surface area contributed by atoms with Crippen molar-refractivity contribution in [3.05, 3.63) is 29.9 Å². The maximum atomic E-state index is 4.45. The molecular weight excluding hydrogens is 228 g/mol. The van der Waals surface area contributed by atoms with E-state index in [9.17, 15) is 0 Å². The van der Waals surface area contributed by atoms with Crippen LogP contribution >= 0.6 is 11.3 Å². The summed E-state index contributed by atoms with van der Waals surface area (Å²) >= 11 is 1.76. The Morgan fingerprint density at radius 3 is 2.88 bits per heavy atom. The van der Waals surface area contributed by atoms with Gasteiger partial charge in [0.25, 0.3) is 0 Å². The third-order valence-corrected chi connectivity index (χ3v) is 3.83. The minimum absolute atomic E-state index is 1.09. The number of nitrogens with zero attached hydrogens (tertiary/aromatic N) is 2. The van der Waals surface area contributed by atoms with Crippen LogP contribution in [0.15, 0.2) is 29.9 Å². The normalized spacial score (nSPS) is 10.9. The molecule has 0 bridgehead atoms. The molecule has 0 radical (unpaired) electrons. The Hall–Kier alpha value is -1.09. The Morgan fingerprint density at radius 2 is 2.12 bits per heavy atom. The molecule has 0 saturated carbocycles. The maximum absolute atomic E-state index is 4.45. The van der Waals surface area contributed by atoms with Gasteiger partial charge in [-0.05, 0) is 17.9 Å². The Bertz CT molecular complexity index is 417. The van der Waals surface area contributed by atoms with Crippen molar-refractivity contribution in [3.8, 4) is 10.7 Å². The molecule has 0 unspecified atom stereocenters. The topological polar surface area (TPSA) is 17.8 Å². The van der Waals surface area contributed by atoms with E-state index in [2.05, 4.69) is 40.2 Å². The molecule has 0 N–H and O–H groups in total. The highest BCUT2D eigenvalue weighted by molar-refractivity contribution is 7.13. The molecule has 0 aromatic carbocycles. The summed E-state index contributed by atoms with van der Waals surface area (Å²) in [6, 6.07) is 4.22. The van der Waals surface area contributed by atoms with Gasteiger partial charge in [-0.25, -0.2) is 4.98 Å². The molecule has 2 nitrogen and oxygen atoms in total. The maximum Gasteiger partial charge on any atom is 0.149 e. The fourth-order valence-corrected chi connectivity index (χ4v) is 2.74. The van der Waals surface area contributed by atoms with E-state index in [1.807, 2.05) is 6.20 Å². The van der Waals surface area contributed by atoms with E-state index in [-0.39, 0.29) is 0 Å². The van der Waals surface area contributed by atoms with Crippen molar-refractivity contribution in [1.29, 1.82) is 0 Å². The molecule has 0 amide bonds. The van der Waals surface area contributed by atoms with Crippen LogP contribution in [0.3, 0.4) is 0 Å². The molecule has 2 heterocycles. The first-order valence-electron chi connectivity index (χ1n) is 6.47. The molecular formula is C14H20N2S. The van der Waals surface area contributed by atoms with Crippen LogP contribution in [0.1, 0.15) is 39.0 Å². The van der Waals surface area contributed by atoms with Crippen LogP contribution in [0.25, 0.3) is 10.7 Å². The Balaban J connectivity index is 1.87. The number of thiophene rings is 1. The largest absolute Gasteiger partial charge is 0.330 e. The molecule has 0 fully saturated rings. The summed E-state index contributed by atoms with van der Waals surface area (Å²) in [5.41, 5.74) is 0. The second-order valence-corrected chi connectivity index (χ2v) is 5.28. The summed E-state index contributed by atoms with van der Waals surface area (Å²) in [6.07, 6.45) is 10.6. The van der Waals surface area contributed by atoms with E-state index in [4.69, 9.17) is 0 Å². The van der Waals surface area contributed by atoms with Crippen molar-refractivity contribution in [2.24, 2.45) is 0 Å². The lowest BCUT2D eigenvalue weighted by atomic mass is 10.1. The van der Waals surface area contributed by atoms with Crippen molar-refractivity contribution in [2.75, 3.05) is 0 Å². The zero-order valence-electron chi connectivity index (χ0n) is 10.4.